The van der Waals surface area contributed by atoms with E-state index in [4.69, 9.17) is 5.73 Å². The van der Waals surface area contributed by atoms with Crippen molar-refractivity contribution in [3.05, 3.63) is 17.0 Å². The number of hydrogen-bond donors (Lipinski definition) is 2. The molecule has 0 saturated carbocycles. The van der Waals surface area contributed by atoms with Gasteiger partial charge in [-0.3, -0.25) is 5.10 Å². The Morgan fingerprint density at radius 3 is 3.10 bits per heavy atom. The van der Waals surface area contributed by atoms with Crippen molar-refractivity contribution >= 4 is 17.3 Å². The average molecular weight is 291 g/mol. The minimum absolute atomic E-state index is 0.178. The lowest BCUT2D eigenvalue weighted by Crippen LogP contribution is -2.46. The van der Waals surface area contributed by atoms with Crippen LogP contribution in [0.5, 0.6) is 0 Å². The number of aryl methyl sites for hydroxylation is 1. The first-order valence-electron chi connectivity index (χ1n) is 7.03. The quantitative estimate of drug-likeness (QED) is 0.911. The number of hydrogen-bond acceptors (Lipinski definition) is 5. The standard InChI is InChI=1S/C14H21N5S/c1-10-4-7-20-11(10)12-16-13(18-17-12)19-6-3-5-14(2,8-15)9-19/h4,7H,3,5-6,8-9,15H2,1-2H3,(H,16,17,18). The van der Waals surface area contributed by atoms with Gasteiger partial charge in [0.15, 0.2) is 5.82 Å². The molecule has 1 atom stereocenters. The van der Waals surface area contributed by atoms with Crippen LogP contribution in [0, 0.1) is 12.3 Å². The van der Waals surface area contributed by atoms with Crippen molar-refractivity contribution in [2.45, 2.75) is 26.7 Å². The molecule has 0 radical (unpaired) electrons. The molecule has 1 aliphatic rings. The van der Waals surface area contributed by atoms with Crippen LogP contribution in [-0.2, 0) is 0 Å². The van der Waals surface area contributed by atoms with Crippen LogP contribution in [0.2, 0.25) is 0 Å². The summed E-state index contributed by atoms with van der Waals surface area (Å²) in [7, 11) is 0. The van der Waals surface area contributed by atoms with Gasteiger partial charge in [0.1, 0.15) is 0 Å². The number of nitrogens with two attached hydrogens (primary N) is 1. The van der Waals surface area contributed by atoms with Crippen LogP contribution in [0.15, 0.2) is 11.4 Å². The van der Waals surface area contributed by atoms with Crippen molar-refractivity contribution < 1.29 is 0 Å². The highest BCUT2D eigenvalue weighted by Gasteiger charge is 2.31. The highest BCUT2D eigenvalue weighted by Crippen LogP contribution is 2.31. The number of thiophene rings is 1. The topological polar surface area (TPSA) is 70.8 Å². The summed E-state index contributed by atoms with van der Waals surface area (Å²) in [5.41, 5.74) is 7.32. The number of H-pyrrole nitrogens is 1. The van der Waals surface area contributed by atoms with E-state index in [2.05, 4.69) is 45.4 Å². The van der Waals surface area contributed by atoms with Crippen molar-refractivity contribution in [3.8, 4) is 10.7 Å². The summed E-state index contributed by atoms with van der Waals surface area (Å²) < 4.78 is 0. The van der Waals surface area contributed by atoms with Crippen LogP contribution in [-0.4, -0.2) is 34.8 Å². The maximum Gasteiger partial charge on any atom is 0.245 e. The second-order valence-corrected chi connectivity index (χ2v) is 6.87. The summed E-state index contributed by atoms with van der Waals surface area (Å²) in [5.74, 6) is 1.67. The lowest BCUT2D eigenvalue weighted by atomic mass is 9.82. The van der Waals surface area contributed by atoms with Crippen LogP contribution in [0.1, 0.15) is 25.3 Å². The molecule has 0 amide bonds. The van der Waals surface area contributed by atoms with Crippen molar-refractivity contribution in [3.63, 3.8) is 0 Å². The zero-order valence-electron chi connectivity index (χ0n) is 12.0. The zero-order valence-corrected chi connectivity index (χ0v) is 12.8. The molecule has 3 N–H and O–H groups in total. The Balaban J connectivity index is 1.82. The first kappa shape index (κ1) is 13.6. The van der Waals surface area contributed by atoms with Crippen molar-refractivity contribution in [2.75, 3.05) is 24.5 Å². The van der Waals surface area contributed by atoms with Gasteiger partial charge in [0.05, 0.1) is 4.88 Å². The first-order valence-corrected chi connectivity index (χ1v) is 7.91. The fourth-order valence-corrected chi connectivity index (χ4v) is 3.63. The largest absolute Gasteiger partial charge is 0.339 e. The van der Waals surface area contributed by atoms with Crippen LogP contribution >= 0.6 is 11.3 Å². The molecular weight excluding hydrogens is 270 g/mol. The van der Waals surface area contributed by atoms with Crippen molar-refractivity contribution in [1.29, 1.82) is 0 Å². The maximum absolute atomic E-state index is 5.91. The van der Waals surface area contributed by atoms with Crippen LogP contribution in [0.4, 0.5) is 5.95 Å². The van der Waals surface area contributed by atoms with Crippen LogP contribution in [0.25, 0.3) is 10.7 Å². The van der Waals surface area contributed by atoms with Gasteiger partial charge in [0.25, 0.3) is 0 Å². The van der Waals surface area contributed by atoms with E-state index in [1.54, 1.807) is 11.3 Å². The van der Waals surface area contributed by atoms with Gasteiger partial charge in [0, 0.05) is 13.1 Å². The Labute approximate surface area is 123 Å². The number of nitrogens with zero attached hydrogens (tertiary/aromatic N) is 3. The molecule has 2 aromatic heterocycles. The molecule has 20 heavy (non-hydrogen) atoms. The normalized spacial score (nSPS) is 23.2. The zero-order chi connectivity index (χ0) is 14.2. The Hall–Kier alpha value is -1.40. The minimum Gasteiger partial charge on any atom is -0.339 e. The molecule has 1 saturated heterocycles. The van der Waals surface area contributed by atoms with Gasteiger partial charge in [0.2, 0.25) is 5.95 Å². The first-order chi connectivity index (χ1) is 9.61. The summed E-state index contributed by atoms with van der Waals surface area (Å²) in [5, 5.41) is 9.54. The van der Waals surface area contributed by atoms with Crippen molar-refractivity contribution in [1.82, 2.24) is 15.2 Å². The highest BCUT2D eigenvalue weighted by atomic mass is 32.1. The van der Waals surface area contributed by atoms with E-state index in [1.807, 2.05) is 0 Å². The van der Waals surface area contributed by atoms with Crippen LogP contribution < -0.4 is 10.6 Å². The molecule has 6 heteroatoms. The third-order valence-corrected chi connectivity index (χ3v) is 5.13. The van der Waals surface area contributed by atoms with E-state index in [0.29, 0.717) is 6.54 Å². The molecule has 3 heterocycles. The Kier molecular flexibility index (Phi) is 3.52. The third-order valence-electron chi connectivity index (χ3n) is 4.11. The molecule has 1 fully saturated rings. The lowest BCUT2D eigenvalue weighted by Gasteiger charge is -2.39. The second kappa shape index (κ2) is 5.18. The molecule has 1 aliphatic heterocycles. The van der Waals surface area contributed by atoms with Gasteiger partial charge >= 0.3 is 0 Å². The third kappa shape index (κ3) is 2.45. The van der Waals surface area contributed by atoms with Gasteiger partial charge < -0.3 is 10.6 Å². The Bertz CT molecular complexity index is 590. The van der Waals surface area contributed by atoms with Gasteiger partial charge in [-0.15, -0.1) is 16.4 Å². The van der Waals surface area contributed by atoms with Crippen molar-refractivity contribution in [2.24, 2.45) is 11.1 Å². The smallest absolute Gasteiger partial charge is 0.245 e. The van der Waals surface area contributed by atoms with Gasteiger partial charge in [-0.25, -0.2) is 0 Å². The Morgan fingerprint density at radius 2 is 2.40 bits per heavy atom. The predicted octanol–water partition coefficient (Wildman–Crippen LogP) is 2.41. The van der Waals surface area contributed by atoms with E-state index in [9.17, 15) is 0 Å². The molecule has 3 rings (SSSR count). The molecule has 1 unspecified atom stereocenters. The lowest BCUT2D eigenvalue weighted by molar-refractivity contribution is 0.270. The number of piperidine rings is 1. The summed E-state index contributed by atoms with van der Waals surface area (Å²) >= 11 is 1.69. The average Bonchev–Trinajstić information content (AvgIpc) is 3.07. The maximum atomic E-state index is 5.91. The van der Waals surface area contributed by atoms with E-state index < -0.39 is 0 Å². The molecular formula is C14H21N5S. The molecule has 0 aromatic carbocycles. The Morgan fingerprint density at radius 1 is 1.55 bits per heavy atom. The summed E-state index contributed by atoms with van der Waals surface area (Å²) in [4.78, 5) is 8.08. The molecule has 5 nitrogen and oxygen atoms in total. The van der Waals surface area contributed by atoms with E-state index in [0.717, 1.165) is 31.3 Å². The van der Waals surface area contributed by atoms with Gasteiger partial charge in [-0.2, -0.15) is 4.98 Å². The molecule has 0 bridgehead atoms. The SMILES string of the molecule is Cc1ccsc1-c1nc(N2CCCC(C)(CN)C2)n[nH]1. The fraction of sp³-hybridized carbons (Fsp3) is 0.571. The summed E-state index contributed by atoms with van der Waals surface area (Å²) in [6.07, 6.45) is 2.33. The predicted molar refractivity (Wildman–Crippen MR) is 83.0 cm³/mol. The fourth-order valence-electron chi connectivity index (χ4n) is 2.76. The molecule has 108 valence electrons. The van der Waals surface area contributed by atoms with Gasteiger partial charge in [-0.05, 0) is 48.7 Å². The number of aromatic amines is 1. The molecule has 0 spiro atoms. The van der Waals surface area contributed by atoms with E-state index in [-0.39, 0.29) is 5.41 Å². The van der Waals surface area contributed by atoms with Crippen LogP contribution in [0.3, 0.4) is 0 Å². The second-order valence-electron chi connectivity index (χ2n) is 5.96. The summed E-state index contributed by atoms with van der Waals surface area (Å²) in [6, 6.07) is 2.11. The van der Waals surface area contributed by atoms with E-state index in [1.165, 1.54) is 16.9 Å². The van der Waals surface area contributed by atoms with E-state index >= 15 is 0 Å². The summed E-state index contributed by atoms with van der Waals surface area (Å²) in [6.45, 7) is 7.00. The molecule has 2 aromatic rings. The monoisotopic (exact) mass is 291 g/mol. The molecule has 0 aliphatic carbocycles. The minimum atomic E-state index is 0.178. The number of anilines is 1. The number of nitrogens with one attached hydrogen (secondary N) is 1. The number of aromatic nitrogens is 3. The number of rotatable bonds is 3. The highest BCUT2D eigenvalue weighted by molar-refractivity contribution is 7.13. The van der Waals surface area contributed by atoms with Gasteiger partial charge in [-0.1, -0.05) is 6.92 Å².